The van der Waals surface area contributed by atoms with Crippen LogP contribution in [0.25, 0.3) is 11.2 Å². The van der Waals surface area contributed by atoms with Crippen molar-refractivity contribution >= 4 is 23.8 Å². The Hall–Kier alpha value is -1.81. The van der Waals surface area contributed by atoms with Crippen LogP contribution in [0.1, 0.15) is 16.7 Å². The number of imidazole rings is 1. The normalized spacial score (nSPS) is 11.1. The number of benzene rings is 1. The Morgan fingerprint density at radius 2 is 2.05 bits per heavy atom. The number of pyridine rings is 1. The van der Waals surface area contributed by atoms with Crippen LogP contribution in [0.5, 0.6) is 0 Å². The molecule has 3 nitrogen and oxygen atoms in total. The molecule has 0 aliphatic heterocycles. The molecule has 19 heavy (non-hydrogen) atoms. The second-order valence-electron chi connectivity index (χ2n) is 4.77. The molecule has 0 saturated carbocycles. The molecule has 0 bridgehead atoms. The first kappa shape index (κ1) is 12.2. The van der Waals surface area contributed by atoms with Crippen LogP contribution in [0.2, 0.25) is 0 Å². The number of aromatic nitrogens is 3. The first-order valence-corrected chi connectivity index (χ1v) is 6.66. The van der Waals surface area contributed by atoms with Crippen molar-refractivity contribution in [2.45, 2.75) is 25.5 Å². The summed E-state index contributed by atoms with van der Waals surface area (Å²) in [5.41, 5.74) is 5.58. The van der Waals surface area contributed by atoms with Crippen LogP contribution >= 0.6 is 12.6 Å². The van der Waals surface area contributed by atoms with Crippen molar-refractivity contribution < 1.29 is 0 Å². The molecular formula is C15H15N3S. The maximum Gasteiger partial charge on any atom is 0.167 e. The number of fused-ring (bicyclic) bond motifs is 1. The molecule has 0 unspecified atom stereocenters. The Morgan fingerprint density at radius 3 is 2.89 bits per heavy atom. The van der Waals surface area contributed by atoms with Crippen LogP contribution in [-0.2, 0) is 6.54 Å². The van der Waals surface area contributed by atoms with E-state index in [0.717, 1.165) is 17.7 Å². The number of aryl methyl sites for hydroxylation is 2. The highest BCUT2D eigenvalue weighted by Gasteiger charge is 2.10. The molecule has 0 amide bonds. The minimum absolute atomic E-state index is 0.703. The fraction of sp³-hybridized carbons (Fsp3) is 0.200. The van der Waals surface area contributed by atoms with Gasteiger partial charge in [-0.25, -0.2) is 9.97 Å². The highest BCUT2D eigenvalue weighted by atomic mass is 32.1. The molecular weight excluding hydrogens is 254 g/mol. The minimum Gasteiger partial charge on any atom is -0.299 e. The molecule has 1 aromatic carbocycles. The lowest BCUT2D eigenvalue weighted by Crippen LogP contribution is -2.03. The average molecular weight is 269 g/mol. The van der Waals surface area contributed by atoms with Gasteiger partial charge in [0.15, 0.2) is 10.8 Å². The van der Waals surface area contributed by atoms with Gasteiger partial charge in [-0.15, -0.1) is 12.6 Å². The van der Waals surface area contributed by atoms with Crippen LogP contribution in [0.4, 0.5) is 0 Å². The van der Waals surface area contributed by atoms with E-state index in [1.54, 1.807) is 6.20 Å². The molecule has 3 rings (SSSR count). The summed E-state index contributed by atoms with van der Waals surface area (Å²) in [6.45, 7) is 4.98. The van der Waals surface area contributed by atoms with Gasteiger partial charge in [0, 0.05) is 6.20 Å². The summed E-state index contributed by atoms with van der Waals surface area (Å²) in [5, 5.41) is 0.703. The van der Waals surface area contributed by atoms with E-state index in [1.165, 1.54) is 16.7 Å². The second kappa shape index (κ2) is 4.70. The van der Waals surface area contributed by atoms with Gasteiger partial charge in [-0.05, 0) is 37.1 Å². The van der Waals surface area contributed by atoms with Crippen molar-refractivity contribution in [3.8, 4) is 0 Å². The van der Waals surface area contributed by atoms with Gasteiger partial charge in [-0.1, -0.05) is 23.8 Å². The number of nitrogens with zero attached hydrogens (tertiary/aromatic N) is 3. The van der Waals surface area contributed by atoms with E-state index < -0.39 is 0 Å². The lowest BCUT2D eigenvalue weighted by atomic mass is 10.1. The number of rotatable bonds is 2. The van der Waals surface area contributed by atoms with Crippen LogP contribution in [0.15, 0.2) is 41.7 Å². The van der Waals surface area contributed by atoms with Crippen LogP contribution in [0, 0.1) is 13.8 Å². The van der Waals surface area contributed by atoms with E-state index in [1.807, 2.05) is 16.7 Å². The molecule has 4 heteroatoms. The van der Waals surface area contributed by atoms with Crippen molar-refractivity contribution in [3.05, 3.63) is 53.2 Å². The summed E-state index contributed by atoms with van der Waals surface area (Å²) < 4.78 is 2.04. The monoisotopic (exact) mass is 269 g/mol. The Morgan fingerprint density at radius 1 is 1.21 bits per heavy atom. The Kier molecular flexibility index (Phi) is 3.03. The van der Waals surface area contributed by atoms with E-state index in [-0.39, 0.29) is 0 Å². The molecule has 0 aliphatic rings. The van der Waals surface area contributed by atoms with Gasteiger partial charge in [-0.2, -0.15) is 0 Å². The van der Waals surface area contributed by atoms with Gasteiger partial charge >= 0.3 is 0 Å². The van der Waals surface area contributed by atoms with Gasteiger partial charge in [0.25, 0.3) is 0 Å². The fourth-order valence-corrected chi connectivity index (χ4v) is 2.51. The summed E-state index contributed by atoms with van der Waals surface area (Å²) >= 11 is 4.46. The highest BCUT2D eigenvalue weighted by Crippen LogP contribution is 2.20. The van der Waals surface area contributed by atoms with E-state index in [0.29, 0.717) is 5.16 Å². The largest absolute Gasteiger partial charge is 0.299 e. The standard InChI is InChI=1S/C15H15N3S/c1-10-5-6-11(2)12(8-10)9-18-14-13(17-15(18)19)4-3-7-16-14/h3-8H,9H2,1-2H3,(H,17,19). The first-order chi connectivity index (χ1) is 9.15. The lowest BCUT2D eigenvalue weighted by molar-refractivity contribution is 0.723. The Bertz CT molecular complexity index is 746. The van der Waals surface area contributed by atoms with Crippen molar-refractivity contribution in [3.63, 3.8) is 0 Å². The van der Waals surface area contributed by atoms with Gasteiger partial charge in [0.05, 0.1) is 6.54 Å². The maximum atomic E-state index is 4.46. The minimum atomic E-state index is 0.703. The van der Waals surface area contributed by atoms with Crippen LogP contribution < -0.4 is 0 Å². The molecule has 2 heterocycles. The summed E-state index contributed by atoms with van der Waals surface area (Å²) in [6, 6.07) is 10.3. The molecule has 0 radical (unpaired) electrons. The SMILES string of the molecule is Cc1ccc(C)c(Cn2c(S)nc3cccnc32)c1. The molecule has 0 fully saturated rings. The number of thiol groups is 1. The topological polar surface area (TPSA) is 30.7 Å². The third-order valence-corrected chi connectivity index (χ3v) is 3.66. The summed E-state index contributed by atoms with van der Waals surface area (Å²) in [5.74, 6) is 0. The second-order valence-corrected chi connectivity index (χ2v) is 5.17. The van der Waals surface area contributed by atoms with Crippen molar-refractivity contribution in [1.29, 1.82) is 0 Å². The van der Waals surface area contributed by atoms with Gasteiger partial charge in [-0.3, -0.25) is 4.57 Å². The highest BCUT2D eigenvalue weighted by molar-refractivity contribution is 7.80. The number of hydrogen-bond donors (Lipinski definition) is 1. The molecule has 96 valence electrons. The van der Waals surface area contributed by atoms with E-state index in [2.05, 4.69) is 54.6 Å². The molecule has 0 atom stereocenters. The molecule has 0 spiro atoms. The summed E-state index contributed by atoms with van der Waals surface area (Å²) in [6.07, 6.45) is 1.79. The third-order valence-electron chi connectivity index (χ3n) is 3.32. The van der Waals surface area contributed by atoms with E-state index in [9.17, 15) is 0 Å². The molecule has 0 N–H and O–H groups in total. The zero-order valence-corrected chi connectivity index (χ0v) is 11.9. The van der Waals surface area contributed by atoms with E-state index in [4.69, 9.17) is 0 Å². The van der Waals surface area contributed by atoms with Gasteiger partial charge in [0.1, 0.15) is 5.52 Å². The van der Waals surface area contributed by atoms with Crippen molar-refractivity contribution in [1.82, 2.24) is 14.5 Å². The quantitative estimate of drug-likeness (QED) is 0.723. The fourth-order valence-electron chi connectivity index (χ4n) is 2.23. The van der Waals surface area contributed by atoms with Crippen LogP contribution in [0.3, 0.4) is 0 Å². The van der Waals surface area contributed by atoms with Crippen LogP contribution in [-0.4, -0.2) is 14.5 Å². The average Bonchev–Trinajstić information content (AvgIpc) is 2.71. The molecule has 0 aliphatic carbocycles. The summed E-state index contributed by atoms with van der Waals surface area (Å²) in [4.78, 5) is 8.83. The Balaban J connectivity index is 2.10. The zero-order chi connectivity index (χ0) is 13.4. The zero-order valence-electron chi connectivity index (χ0n) is 11.0. The maximum absolute atomic E-state index is 4.46. The van der Waals surface area contributed by atoms with Gasteiger partial charge in [0.2, 0.25) is 0 Å². The molecule has 2 aromatic heterocycles. The first-order valence-electron chi connectivity index (χ1n) is 6.21. The molecule has 0 saturated heterocycles. The lowest BCUT2D eigenvalue weighted by Gasteiger charge is -2.09. The number of hydrogen-bond acceptors (Lipinski definition) is 3. The third kappa shape index (κ3) is 2.24. The van der Waals surface area contributed by atoms with E-state index >= 15 is 0 Å². The van der Waals surface area contributed by atoms with Gasteiger partial charge < -0.3 is 0 Å². The summed E-state index contributed by atoms with van der Waals surface area (Å²) in [7, 11) is 0. The predicted molar refractivity (Wildman–Crippen MR) is 79.8 cm³/mol. The molecule has 3 aromatic rings. The smallest absolute Gasteiger partial charge is 0.167 e. The Labute approximate surface area is 117 Å². The van der Waals surface area contributed by atoms with Crippen molar-refractivity contribution in [2.24, 2.45) is 0 Å². The van der Waals surface area contributed by atoms with Crippen molar-refractivity contribution in [2.75, 3.05) is 0 Å². The predicted octanol–water partition coefficient (Wildman–Crippen LogP) is 3.39.